The number of benzene rings is 1. The van der Waals surface area contributed by atoms with Crippen LogP contribution in [0.2, 0.25) is 5.15 Å². The van der Waals surface area contributed by atoms with E-state index in [4.69, 9.17) is 16.7 Å². The van der Waals surface area contributed by atoms with Crippen molar-refractivity contribution in [3.63, 3.8) is 0 Å². The number of hydrazone groups is 1. The Labute approximate surface area is 176 Å². The number of halogens is 1. The number of aromatic nitrogens is 1. The second-order valence-electron chi connectivity index (χ2n) is 6.89. The van der Waals surface area contributed by atoms with Gasteiger partial charge in [-0.3, -0.25) is 9.59 Å². The van der Waals surface area contributed by atoms with Gasteiger partial charge in [0.05, 0.1) is 28.6 Å². The van der Waals surface area contributed by atoms with Gasteiger partial charge in [0.1, 0.15) is 5.15 Å². The molecule has 0 saturated carbocycles. The standard InChI is InChI=1S/C21H18ClN3O3S/c1-12-4-2-5-13-10-14(21(22)23-20(12)13)16-11-15(17-6-3-9-29-17)24-25(16)18(26)7-8-19(27)28/h2-6,9-10,16H,7-8,11H2,1H3,(H,27,28)/t16-/m1/s1. The molecular formula is C21H18ClN3O3S. The molecule has 1 aromatic carbocycles. The second-order valence-corrected chi connectivity index (χ2v) is 8.20. The van der Waals surface area contributed by atoms with Gasteiger partial charge < -0.3 is 5.11 Å². The van der Waals surface area contributed by atoms with Gasteiger partial charge in [-0.1, -0.05) is 35.9 Å². The maximum atomic E-state index is 12.8. The molecule has 1 atom stereocenters. The maximum absolute atomic E-state index is 12.8. The molecule has 1 amide bonds. The van der Waals surface area contributed by atoms with Gasteiger partial charge in [0, 0.05) is 23.8 Å². The number of carbonyl (C=O) groups excluding carboxylic acids is 1. The van der Waals surface area contributed by atoms with E-state index in [-0.39, 0.29) is 18.7 Å². The zero-order valence-electron chi connectivity index (χ0n) is 15.6. The summed E-state index contributed by atoms with van der Waals surface area (Å²) < 4.78 is 0. The Bertz CT molecular complexity index is 1130. The quantitative estimate of drug-likeness (QED) is 0.593. The smallest absolute Gasteiger partial charge is 0.303 e. The van der Waals surface area contributed by atoms with E-state index < -0.39 is 12.0 Å². The molecule has 3 aromatic rings. The molecule has 2 aromatic heterocycles. The fourth-order valence-corrected chi connectivity index (χ4v) is 4.46. The van der Waals surface area contributed by atoms with Gasteiger partial charge in [0.2, 0.25) is 5.91 Å². The lowest BCUT2D eigenvalue weighted by molar-refractivity contribution is -0.141. The number of nitrogens with zero attached hydrogens (tertiary/aromatic N) is 3. The average Bonchev–Trinajstić information content (AvgIpc) is 3.36. The number of carbonyl (C=O) groups is 2. The van der Waals surface area contributed by atoms with Crippen molar-refractivity contribution in [3.8, 4) is 0 Å². The Morgan fingerprint density at radius 3 is 2.83 bits per heavy atom. The normalized spacial score (nSPS) is 16.3. The molecule has 4 rings (SSSR count). The number of carboxylic acid groups (broad SMARTS) is 1. The fraction of sp³-hybridized carbons (Fsp3) is 0.238. The zero-order chi connectivity index (χ0) is 20.5. The Morgan fingerprint density at radius 2 is 2.10 bits per heavy atom. The van der Waals surface area contributed by atoms with Crippen LogP contribution in [0.25, 0.3) is 10.9 Å². The number of aliphatic carboxylic acids is 1. The van der Waals surface area contributed by atoms with Gasteiger partial charge in [-0.15, -0.1) is 11.3 Å². The van der Waals surface area contributed by atoms with Crippen molar-refractivity contribution >= 4 is 51.4 Å². The minimum atomic E-state index is -1.02. The van der Waals surface area contributed by atoms with Gasteiger partial charge in [-0.2, -0.15) is 5.10 Å². The fourth-order valence-electron chi connectivity index (χ4n) is 3.48. The number of amides is 1. The first-order valence-electron chi connectivity index (χ1n) is 9.15. The monoisotopic (exact) mass is 427 g/mol. The largest absolute Gasteiger partial charge is 0.481 e. The highest BCUT2D eigenvalue weighted by atomic mass is 35.5. The SMILES string of the molecule is Cc1cccc2cc([C@H]3CC(c4cccs4)=NN3C(=O)CCC(=O)O)c(Cl)nc12. The molecule has 6 nitrogen and oxygen atoms in total. The Balaban J connectivity index is 1.74. The molecule has 0 spiro atoms. The minimum Gasteiger partial charge on any atom is -0.481 e. The molecule has 1 aliphatic rings. The van der Waals surface area contributed by atoms with Crippen molar-refractivity contribution < 1.29 is 14.7 Å². The Hall–Kier alpha value is -2.77. The van der Waals surface area contributed by atoms with Crippen LogP contribution >= 0.6 is 22.9 Å². The van der Waals surface area contributed by atoms with Crippen molar-refractivity contribution in [3.05, 3.63) is 62.9 Å². The molecule has 3 heterocycles. The van der Waals surface area contributed by atoms with Crippen LogP contribution < -0.4 is 0 Å². The number of hydrogen-bond acceptors (Lipinski definition) is 5. The number of rotatable bonds is 5. The van der Waals surface area contributed by atoms with Crippen molar-refractivity contribution in [2.75, 3.05) is 0 Å². The molecule has 0 fully saturated rings. The molecule has 0 radical (unpaired) electrons. The Kier molecular flexibility index (Phi) is 5.34. The van der Waals surface area contributed by atoms with Crippen molar-refractivity contribution in [2.24, 2.45) is 5.10 Å². The summed E-state index contributed by atoms with van der Waals surface area (Å²) in [6.07, 6.45) is 0.137. The van der Waals surface area contributed by atoms with Gasteiger partial charge in [0.15, 0.2) is 0 Å². The maximum Gasteiger partial charge on any atom is 0.303 e. The van der Waals surface area contributed by atoms with E-state index in [1.54, 1.807) is 11.3 Å². The van der Waals surface area contributed by atoms with Gasteiger partial charge in [-0.05, 0) is 30.0 Å². The van der Waals surface area contributed by atoms with Gasteiger partial charge in [0.25, 0.3) is 0 Å². The second kappa shape index (κ2) is 7.93. The summed E-state index contributed by atoms with van der Waals surface area (Å²) in [5.74, 6) is -1.36. The first-order chi connectivity index (χ1) is 13.9. The van der Waals surface area contributed by atoms with E-state index in [1.165, 1.54) is 5.01 Å². The summed E-state index contributed by atoms with van der Waals surface area (Å²) in [4.78, 5) is 29.2. The number of thiophene rings is 1. The molecule has 0 aliphatic carbocycles. The predicted molar refractivity (Wildman–Crippen MR) is 113 cm³/mol. The van der Waals surface area contributed by atoms with Crippen LogP contribution in [-0.2, 0) is 9.59 Å². The first-order valence-corrected chi connectivity index (χ1v) is 10.4. The van der Waals surface area contributed by atoms with Crippen molar-refractivity contribution in [2.45, 2.75) is 32.2 Å². The van der Waals surface area contributed by atoms with Crippen molar-refractivity contribution in [1.29, 1.82) is 0 Å². The molecule has 29 heavy (non-hydrogen) atoms. The highest BCUT2D eigenvalue weighted by Gasteiger charge is 2.35. The molecule has 148 valence electrons. The van der Waals surface area contributed by atoms with E-state index in [1.807, 2.05) is 48.7 Å². The molecule has 1 N–H and O–H groups in total. The third kappa shape index (κ3) is 3.88. The summed E-state index contributed by atoms with van der Waals surface area (Å²) in [6, 6.07) is 11.3. The lowest BCUT2D eigenvalue weighted by Crippen LogP contribution is -2.27. The summed E-state index contributed by atoms with van der Waals surface area (Å²) in [7, 11) is 0. The van der Waals surface area contributed by atoms with Gasteiger partial charge >= 0.3 is 5.97 Å². The summed E-state index contributed by atoms with van der Waals surface area (Å²) in [5, 5.41) is 18.1. The van der Waals surface area contributed by atoms with Crippen LogP contribution in [0.4, 0.5) is 0 Å². The number of hydrogen-bond donors (Lipinski definition) is 1. The Morgan fingerprint density at radius 1 is 1.28 bits per heavy atom. The topological polar surface area (TPSA) is 82.9 Å². The third-order valence-electron chi connectivity index (χ3n) is 4.91. The highest BCUT2D eigenvalue weighted by Crippen LogP contribution is 2.38. The summed E-state index contributed by atoms with van der Waals surface area (Å²) >= 11 is 8.08. The molecular weight excluding hydrogens is 410 g/mol. The van der Waals surface area contributed by atoms with Gasteiger partial charge in [-0.25, -0.2) is 9.99 Å². The summed E-state index contributed by atoms with van der Waals surface area (Å²) in [6.45, 7) is 1.97. The molecule has 1 aliphatic heterocycles. The van der Waals surface area contributed by atoms with Crippen LogP contribution in [0, 0.1) is 6.92 Å². The number of carboxylic acids is 1. The number of pyridine rings is 1. The first kappa shape index (κ1) is 19.5. The van der Waals surface area contributed by atoms with E-state index in [9.17, 15) is 9.59 Å². The lowest BCUT2D eigenvalue weighted by Gasteiger charge is -2.23. The molecule has 0 saturated heterocycles. The molecule has 0 bridgehead atoms. The highest BCUT2D eigenvalue weighted by molar-refractivity contribution is 7.12. The van der Waals surface area contributed by atoms with E-state index >= 15 is 0 Å². The molecule has 0 unspecified atom stereocenters. The average molecular weight is 428 g/mol. The number of fused-ring (bicyclic) bond motifs is 1. The van der Waals surface area contributed by atoms with E-state index in [0.29, 0.717) is 17.1 Å². The predicted octanol–water partition coefficient (Wildman–Crippen LogP) is 4.80. The number of aryl methyl sites for hydroxylation is 1. The molecule has 8 heteroatoms. The zero-order valence-corrected chi connectivity index (χ0v) is 17.2. The van der Waals surface area contributed by atoms with Crippen LogP contribution in [-0.4, -0.2) is 32.7 Å². The van der Waals surface area contributed by atoms with Crippen LogP contribution in [0.5, 0.6) is 0 Å². The van der Waals surface area contributed by atoms with E-state index in [0.717, 1.165) is 27.1 Å². The van der Waals surface area contributed by atoms with Crippen LogP contribution in [0.15, 0.2) is 46.9 Å². The van der Waals surface area contributed by atoms with Crippen LogP contribution in [0.3, 0.4) is 0 Å². The van der Waals surface area contributed by atoms with Crippen molar-refractivity contribution in [1.82, 2.24) is 9.99 Å². The summed E-state index contributed by atoms with van der Waals surface area (Å²) in [5.41, 5.74) is 3.34. The lowest BCUT2D eigenvalue weighted by atomic mass is 10.00. The minimum absolute atomic E-state index is 0.120. The third-order valence-corrected chi connectivity index (χ3v) is 6.13. The van der Waals surface area contributed by atoms with Crippen LogP contribution in [0.1, 0.15) is 41.3 Å². The van der Waals surface area contributed by atoms with E-state index in [2.05, 4.69) is 10.1 Å². The number of para-hydroxylation sites is 1.